The smallest absolute Gasteiger partial charge is 0.173 e. The lowest BCUT2D eigenvalue weighted by atomic mass is 9.65. The fourth-order valence-corrected chi connectivity index (χ4v) is 12.5. The molecule has 336 valence electrons. The van der Waals surface area contributed by atoms with Crippen molar-refractivity contribution in [1.82, 2.24) is 0 Å². The Kier molecular flexibility index (Phi) is 9.47. The van der Waals surface area contributed by atoms with Crippen LogP contribution in [-0.4, -0.2) is 0 Å². The number of benzene rings is 10. The number of fused-ring (bicyclic) bond motifs is 11. The monoisotopic (exact) mass is 909 g/mol. The fraction of sp³-hybridized carbons (Fsp3) is 0.0588. The highest BCUT2D eigenvalue weighted by atomic mass is 16.6. The van der Waals surface area contributed by atoms with Crippen LogP contribution in [0.1, 0.15) is 57.3 Å². The van der Waals surface area contributed by atoms with Crippen LogP contribution in [0.15, 0.2) is 278 Å². The predicted octanol–water partition coefficient (Wildman–Crippen LogP) is 16.8. The summed E-state index contributed by atoms with van der Waals surface area (Å²) in [5.41, 5.74) is 19.4. The molecule has 1 aliphatic heterocycles. The third-order valence-corrected chi connectivity index (χ3v) is 15.4. The van der Waals surface area contributed by atoms with Crippen LogP contribution in [0.2, 0.25) is 0 Å². The number of nitrogens with zero attached hydrogens (tertiary/aromatic N) is 1. The van der Waals surface area contributed by atoms with Crippen molar-refractivity contribution in [2.45, 2.75) is 23.7 Å². The largest absolute Gasteiger partial charge is 0.454 e. The molecule has 1 heterocycles. The molecule has 0 saturated carbocycles. The summed E-state index contributed by atoms with van der Waals surface area (Å²) in [6.07, 6.45) is 1.61. The first-order valence-electron chi connectivity index (χ1n) is 24.7. The van der Waals surface area contributed by atoms with Crippen LogP contribution < -0.4 is 14.4 Å². The summed E-state index contributed by atoms with van der Waals surface area (Å²) in [7, 11) is 0. The Morgan fingerprint density at radius 3 is 1.44 bits per heavy atom. The molecule has 4 aliphatic rings. The number of hydrogen-bond acceptors (Lipinski definition) is 3. The first-order chi connectivity index (χ1) is 35.2. The maximum atomic E-state index is 7.35. The van der Waals surface area contributed by atoms with Gasteiger partial charge >= 0.3 is 0 Å². The van der Waals surface area contributed by atoms with E-state index in [9.17, 15) is 0 Å². The molecule has 3 aliphatic carbocycles. The standard InChI is InChI=1S/C68H47NO2/c1-5-20-46(21-6-1)47-36-38-52(39-37-47)69(53-29-19-28-51(44-53)67(48-22-7-2-8-23-48,49-24-9-3-10-25-49)50-26-11-4-12-27-50)54-40-42-62-64(45-54)71-66-63(70-62)43-41-61-65(66)57-32-15-18-35-60(57)68(61)58-33-16-13-30-55(58)56-31-14-17-34-59(56)68/h1-40,42,44-45H,41,43H2. The summed E-state index contributed by atoms with van der Waals surface area (Å²) in [4.78, 5) is 2.36. The van der Waals surface area contributed by atoms with Crippen LogP contribution in [0.5, 0.6) is 11.5 Å². The predicted molar refractivity (Wildman–Crippen MR) is 288 cm³/mol. The summed E-state index contributed by atoms with van der Waals surface area (Å²) in [5, 5.41) is 0. The van der Waals surface area contributed by atoms with Gasteiger partial charge in [-0.2, -0.15) is 0 Å². The van der Waals surface area contributed by atoms with Crippen LogP contribution >= 0.6 is 0 Å². The van der Waals surface area contributed by atoms with Gasteiger partial charge in [-0.15, -0.1) is 0 Å². The van der Waals surface area contributed by atoms with Crippen LogP contribution in [0.3, 0.4) is 0 Å². The highest BCUT2D eigenvalue weighted by Gasteiger charge is 2.55. The van der Waals surface area contributed by atoms with E-state index in [2.05, 4.69) is 266 Å². The quantitative estimate of drug-likeness (QED) is 0.142. The van der Waals surface area contributed by atoms with Gasteiger partial charge in [-0.25, -0.2) is 0 Å². The van der Waals surface area contributed by atoms with Crippen molar-refractivity contribution in [2.75, 3.05) is 4.90 Å². The van der Waals surface area contributed by atoms with Gasteiger partial charge in [-0.1, -0.05) is 218 Å². The van der Waals surface area contributed by atoms with E-state index < -0.39 is 10.8 Å². The zero-order chi connectivity index (χ0) is 46.9. The molecule has 0 radical (unpaired) electrons. The highest BCUT2D eigenvalue weighted by molar-refractivity contribution is 5.99. The van der Waals surface area contributed by atoms with Crippen LogP contribution in [0.4, 0.5) is 17.1 Å². The molecule has 0 amide bonds. The molecule has 0 fully saturated rings. The minimum atomic E-state index is -0.625. The van der Waals surface area contributed by atoms with E-state index >= 15 is 0 Å². The van der Waals surface area contributed by atoms with Crippen molar-refractivity contribution in [3.05, 3.63) is 322 Å². The number of rotatable bonds is 8. The van der Waals surface area contributed by atoms with Gasteiger partial charge in [0.25, 0.3) is 0 Å². The molecule has 0 aromatic heterocycles. The molecule has 0 saturated heterocycles. The number of allylic oxidation sites excluding steroid dienone is 3. The van der Waals surface area contributed by atoms with E-state index in [4.69, 9.17) is 9.47 Å². The summed E-state index contributed by atoms with van der Waals surface area (Å²) in [5.74, 6) is 3.12. The molecule has 71 heavy (non-hydrogen) atoms. The highest BCUT2D eigenvalue weighted by Crippen LogP contribution is 2.65. The van der Waals surface area contributed by atoms with E-state index in [0.717, 1.165) is 63.9 Å². The van der Waals surface area contributed by atoms with Gasteiger partial charge in [-0.3, -0.25) is 0 Å². The van der Waals surface area contributed by atoms with Gasteiger partial charge in [0.2, 0.25) is 0 Å². The number of hydrogen-bond donors (Lipinski definition) is 0. The van der Waals surface area contributed by atoms with Gasteiger partial charge in [0.1, 0.15) is 5.76 Å². The van der Waals surface area contributed by atoms with Gasteiger partial charge in [0.05, 0.1) is 16.5 Å². The Balaban J connectivity index is 0.931. The third kappa shape index (κ3) is 6.16. The second kappa shape index (κ2) is 16.4. The van der Waals surface area contributed by atoms with Crippen molar-refractivity contribution in [1.29, 1.82) is 0 Å². The Bertz CT molecular complexity index is 3600. The van der Waals surface area contributed by atoms with Crippen molar-refractivity contribution >= 4 is 22.6 Å². The fourth-order valence-electron chi connectivity index (χ4n) is 12.5. The number of ether oxygens (including phenoxy) is 2. The maximum Gasteiger partial charge on any atom is 0.173 e. The zero-order valence-corrected chi connectivity index (χ0v) is 39.0. The summed E-state index contributed by atoms with van der Waals surface area (Å²) in [6.45, 7) is 0. The Morgan fingerprint density at radius 1 is 0.352 bits per heavy atom. The minimum absolute atomic E-state index is 0.411. The molecule has 14 rings (SSSR count). The van der Waals surface area contributed by atoms with E-state index in [1.165, 1.54) is 61.2 Å². The molecule has 10 aromatic carbocycles. The zero-order valence-electron chi connectivity index (χ0n) is 39.0. The van der Waals surface area contributed by atoms with Crippen LogP contribution in [0, 0.1) is 0 Å². The lowest BCUT2D eigenvalue weighted by molar-refractivity contribution is 0.291. The molecule has 0 atom stereocenters. The average molecular weight is 910 g/mol. The molecule has 3 nitrogen and oxygen atoms in total. The molecular weight excluding hydrogens is 863 g/mol. The first kappa shape index (κ1) is 41.1. The minimum Gasteiger partial charge on any atom is -0.454 e. The number of anilines is 3. The molecule has 0 N–H and O–H groups in total. The molecule has 1 spiro atoms. The third-order valence-electron chi connectivity index (χ3n) is 15.4. The van der Waals surface area contributed by atoms with Crippen LogP contribution in [-0.2, 0) is 10.8 Å². The van der Waals surface area contributed by atoms with Gasteiger partial charge in [-0.05, 0) is 115 Å². The molecule has 3 heteroatoms. The Morgan fingerprint density at radius 2 is 0.831 bits per heavy atom. The van der Waals surface area contributed by atoms with E-state index in [1.54, 1.807) is 0 Å². The van der Waals surface area contributed by atoms with Gasteiger partial charge in [0, 0.05) is 29.4 Å². The van der Waals surface area contributed by atoms with Crippen molar-refractivity contribution in [3.8, 4) is 33.8 Å². The van der Waals surface area contributed by atoms with E-state index in [-0.39, 0.29) is 0 Å². The second-order valence-electron chi connectivity index (χ2n) is 19.0. The normalized spacial score (nSPS) is 14.6. The molecular formula is C68H47NO2. The van der Waals surface area contributed by atoms with Crippen molar-refractivity contribution in [2.24, 2.45) is 0 Å². The van der Waals surface area contributed by atoms with E-state index in [0.29, 0.717) is 5.75 Å². The average Bonchev–Trinajstić information content (AvgIpc) is 3.93. The molecule has 0 bridgehead atoms. The molecule has 0 unspecified atom stereocenters. The Labute approximate surface area is 414 Å². The van der Waals surface area contributed by atoms with Crippen molar-refractivity contribution < 1.29 is 9.47 Å². The lowest BCUT2D eigenvalue weighted by Crippen LogP contribution is -2.31. The summed E-state index contributed by atoms with van der Waals surface area (Å²) in [6, 6.07) is 94.7. The first-order valence-corrected chi connectivity index (χ1v) is 24.7. The van der Waals surface area contributed by atoms with Gasteiger partial charge < -0.3 is 14.4 Å². The van der Waals surface area contributed by atoms with Gasteiger partial charge in [0.15, 0.2) is 17.3 Å². The van der Waals surface area contributed by atoms with Crippen molar-refractivity contribution in [3.63, 3.8) is 0 Å². The summed E-state index contributed by atoms with van der Waals surface area (Å²) >= 11 is 0. The second-order valence-corrected chi connectivity index (χ2v) is 19.0. The van der Waals surface area contributed by atoms with Crippen LogP contribution in [0.25, 0.3) is 27.8 Å². The topological polar surface area (TPSA) is 21.7 Å². The SMILES string of the molecule is c1ccc(-c2ccc(N(c3cccc(C(c4ccccc4)(c4ccccc4)c4ccccc4)c3)c3ccc4c(c3)OC3=C(CCC5=C3c3ccccc3C53c5ccccc5-c5ccccc53)O4)cc2)cc1. The van der Waals surface area contributed by atoms with E-state index in [1.807, 2.05) is 0 Å². The maximum absolute atomic E-state index is 7.35. The molecule has 10 aromatic rings. The summed E-state index contributed by atoms with van der Waals surface area (Å²) < 4.78 is 14.3. The Hall–Kier alpha value is -8.92. The lowest BCUT2D eigenvalue weighted by Gasteiger charge is -2.38.